The molecule has 1 saturated carbocycles. The van der Waals surface area contributed by atoms with E-state index in [2.05, 4.69) is 31.1 Å². The maximum Gasteiger partial charge on any atom is 0.360 e. The zero-order valence-corrected chi connectivity index (χ0v) is 12.3. The molecule has 19 heavy (non-hydrogen) atoms. The number of ether oxygens (including phenoxy) is 1. The predicted molar refractivity (Wildman–Crippen MR) is 72.0 cm³/mol. The molecule has 1 aromatic heterocycles. The number of hydrogen-bond donors (Lipinski definition) is 0. The summed E-state index contributed by atoms with van der Waals surface area (Å²) in [6.45, 7) is 9.24. The van der Waals surface area contributed by atoms with Gasteiger partial charge in [0, 0.05) is 12.0 Å². The van der Waals surface area contributed by atoms with Crippen molar-refractivity contribution in [2.75, 3.05) is 6.61 Å². The van der Waals surface area contributed by atoms with Crippen LogP contribution in [-0.4, -0.2) is 27.6 Å². The summed E-state index contributed by atoms with van der Waals surface area (Å²) in [7, 11) is 0. The lowest BCUT2D eigenvalue weighted by molar-refractivity contribution is 0.0516. The summed E-state index contributed by atoms with van der Waals surface area (Å²) in [5.41, 5.74) is 1.08. The smallest absolute Gasteiger partial charge is 0.360 e. The van der Waals surface area contributed by atoms with Crippen LogP contribution in [-0.2, 0) is 16.7 Å². The summed E-state index contributed by atoms with van der Waals surface area (Å²) in [6, 6.07) is 0. The lowest BCUT2D eigenvalue weighted by atomic mass is 9.84. The molecule has 0 bridgehead atoms. The van der Waals surface area contributed by atoms with Gasteiger partial charge < -0.3 is 4.74 Å². The van der Waals surface area contributed by atoms with Crippen molar-refractivity contribution in [3.05, 3.63) is 11.4 Å². The van der Waals surface area contributed by atoms with Gasteiger partial charge in [-0.15, -0.1) is 5.10 Å². The van der Waals surface area contributed by atoms with Crippen LogP contribution in [0.3, 0.4) is 0 Å². The SMILES string of the molecule is CCOC(=O)c1nnn(CC2CCC2)c1C(C)(C)C. The predicted octanol–water partition coefficient (Wildman–Crippen LogP) is 2.55. The van der Waals surface area contributed by atoms with E-state index in [1.165, 1.54) is 19.3 Å². The Kier molecular flexibility index (Phi) is 3.92. The maximum absolute atomic E-state index is 12.0. The zero-order valence-electron chi connectivity index (χ0n) is 12.3. The van der Waals surface area contributed by atoms with E-state index >= 15 is 0 Å². The summed E-state index contributed by atoms with van der Waals surface area (Å²) in [5.74, 6) is 0.310. The second-order valence-corrected chi connectivity index (χ2v) is 6.24. The highest BCUT2D eigenvalue weighted by atomic mass is 16.5. The molecule has 5 nitrogen and oxygen atoms in total. The number of rotatable bonds is 4. The van der Waals surface area contributed by atoms with Crippen LogP contribution >= 0.6 is 0 Å². The quantitative estimate of drug-likeness (QED) is 0.785. The van der Waals surface area contributed by atoms with E-state index < -0.39 is 0 Å². The van der Waals surface area contributed by atoms with E-state index in [0.29, 0.717) is 18.2 Å². The van der Waals surface area contributed by atoms with Gasteiger partial charge in [0.1, 0.15) is 0 Å². The molecule has 1 heterocycles. The van der Waals surface area contributed by atoms with Crippen molar-refractivity contribution < 1.29 is 9.53 Å². The van der Waals surface area contributed by atoms with Gasteiger partial charge in [-0.1, -0.05) is 32.4 Å². The molecule has 1 aliphatic rings. The lowest BCUT2D eigenvalue weighted by Crippen LogP contribution is -2.26. The molecule has 5 heteroatoms. The van der Waals surface area contributed by atoms with Gasteiger partial charge in [-0.3, -0.25) is 0 Å². The molecule has 1 fully saturated rings. The van der Waals surface area contributed by atoms with Gasteiger partial charge in [0.2, 0.25) is 0 Å². The minimum atomic E-state index is -0.368. The molecule has 1 aliphatic carbocycles. The maximum atomic E-state index is 12.0. The second kappa shape index (κ2) is 5.31. The minimum Gasteiger partial charge on any atom is -0.461 e. The molecule has 1 aromatic rings. The van der Waals surface area contributed by atoms with Crippen LogP contribution in [0.1, 0.15) is 63.1 Å². The van der Waals surface area contributed by atoms with Gasteiger partial charge in [0.15, 0.2) is 5.69 Å². The average molecular weight is 265 g/mol. The number of aromatic nitrogens is 3. The van der Waals surface area contributed by atoms with Crippen molar-refractivity contribution in [3.63, 3.8) is 0 Å². The van der Waals surface area contributed by atoms with Crippen LogP contribution in [0.5, 0.6) is 0 Å². The Morgan fingerprint density at radius 3 is 2.58 bits per heavy atom. The Labute approximate surface area is 114 Å². The van der Waals surface area contributed by atoms with E-state index in [9.17, 15) is 4.79 Å². The Morgan fingerprint density at radius 2 is 2.11 bits per heavy atom. The molecule has 0 spiro atoms. The number of nitrogens with zero attached hydrogens (tertiary/aromatic N) is 3. The van der Waals surface area contributed by atoms with Gasteiger partial charge in [-0.05, 0) is 25.7 Å². The van der Waals surface area contributed by atoms with Crippen molar-refractivity contribution in [1.82, 2.24) is 15.0 Å². The first-order chi connectivity index (χ1) is 8.93. The highest BCUT2D eigenvalue weighted by Gasteiger charge is 2.31. The van der Waals surface area contributed by atoms with E-state index in [0.717, 1.165) is 12.2 Å². The third-order valence-corrected chi connectivity index (χ3v) is 3.57. The van der Waals surface area contributed by atoms with Crippen molar-refractivity contribution in [3.8, 4) is 0 Å². The first-order valence-corrected chi connectivity index (χ1v) is 7.04. The fourth-order valence-electron chi connectivity index (χ4n) is 2.44. The Balaban J connectivity index is 2.30. The number of carbonyl (C=O) groups is 1. The van der Waals surface area contributed by atoms with Crippen molar-refractivity contribution >= 4 is 5.97 Å². The summed E-state index contributed by atoms with van der Waals surface area (Å²) >= 11 is 0. The molecular weight excluding hydrogens is 242 g/mol. The Hall–Kier alpha value is -1.39. The van der Waals surface area contributed by atoms with Gasteiger partial charge in [0.25, 0.3) is 0 Å². The molecule has 0 aromatic carbocycles. The minimum absolute atomic E-state index is 0.171. The summed E-state index contributed by atoms with van der Waals surface area (Å²) in [5, 5.41) is 8.22. The topological polar surface area (TPSA) is 57.0 Å². The summed E-state index contributed by atoms with van der Waals surface area (Å²) in [4.78, 5) is 12.0. The second-order valence-electron chi connectivity index (χ2n) is 6.24. The highest BCUT2D eigenvalue weighted by molar-refractivity contribution is 5.88. The molecule has 0 amide bonds. The number of hydrogen-bond acceptors (Lipinski definition) is 4. The van der Waals surface area contributed by atoms with Gasteiger partial charge in [-0.25, -0.2) is 9.48 Å². The average Bonchev–Trinajstić information content (AvgIpc) is 2.67. The van der Waals surface area contributed by atoms with Crippen molar-refractivity contribution in [2.45, 2.75) is 58.9 Å². The fourth-order valence-corrected chi connectivity index (χ4v) is 2.44. The van der Waals surface area contributed by atoms with E-state index in [1.54, 1.807) is 6.92 Å². The van der Waals surface area contributed by atoms with Crippen LogP contribution in [0.25, 0.3) is 0 Å². The molecular formula is C14H23N3O2. The molecule has 0 N–H and O–H groups in total. The number of carbonyl (C=O) groups excluding carboxylic acids is 1. The Morgan fingerprint density at radius 1 is 1.42 bits per heavy atom. The third-order valence-electron chi connectivity index (χ3n) is 3.57. The lowest BCUT2D eigenvalue weighted by Gasteiger charge is -2.28. The van der Waals surface area contributed by atoms with Crippen molar-refractivity contribution in [1.29, 1.82) is 0 Å². The summed E-state index contributed by atoms with van der Waals surface area (Å²) < 4.78 is 6.97. The summed E-state index contributed by atoms with van der Waals surface area (Å²) in [6.07, 6.45) is 3.80. The normalized spacial score (nSPS) is 16.2. The molecule has 0 atom stereocenters. The van der Waals surface area contributed by atoms with Crippen LogP contribution < -0.4 is 0 Å². The first kappa shape index (κ1) is 14.0. The molecule has 0 aliphatic heterocycles. The van der Waals surface area contributed by atoms with E-state index in [4.69, 9.17) is 4.74 Å². The molecule has 0 radical (unpaired) electrons. The molecule has 106 valence electrons. The van der Waals surface area contributed by atoms with Crippen LogP contribution in [0.4, 0.5) is 0 Å². The largest absolute Gasteiger partial charge is 0.461 e. The van der Waals surface area contributed by atoms with E-state index in [1.807, 2.05) is 4.68 Å². The van der Waals surface area contributed by atoms with Gasteiger partial charge >= 0.3 is 5.97 Å². The zero-order chi connectivity index (χ0) is 14.0. The third kappa shape index (κ3) is 2.96. The highest BCUT2D eigenvalue weighted by Crippen LogP contribution is 2.31. The molecule has 0 unspecified atom stereocenters. The van der Waals surface area contributed by atoms with E-state index in [-0.39, 0.29) is 11.4 Å². The monoisotopic (exact) mass is 265 g/mol. The standard InChI is InChI=1S/C14H23N3O2/c1-5-19-13(18)11-12(14(2,3)4)17(16-15-11)9-10-7-6-8-10/h10H,5-9H2,1-4H3. The van der Waals surface area contributed by atoms with Crippen LogP contribution in [0, 0.1) is 5.92 Å². The van der Waals surface area contributed by atoms with Gasteiger partial charge in [-0.2, -0.15) is 0 Å². The Bertz CT molecular complexity index is 456. The molecule has 2 rings (SSSR count). The van der Waals surface area contributed by atoms with Crippen molar-refractivity contribution in [2.24, 2.45) is 5.92 Å². The fraction of sp³-hybridized carbons (Fsp3) is 0.786. The first-order valence-electron chi connectivity index (χ1n) is 7.04. The van der Waals surface area contributed by atoms with Gasteiger partial charge in [0.05, 0.1) is 12.3 Å². The number of esters is 1. The molecule has 0 saturated heterocycles. The van der Waals surface area contributed by atoms with Crippen LogP contribution in [0.2, 0.25) is 0 Å². The van der Waals surface area contributed by atoms with Crippen LogP contribution in [0.15, 0.2) is 0 Å².